The molecule has 0 saturated heterocycles. The molecule has 0 amide bonds. The fourth-order valence-corrected chi connectivity index (χ4v) is 2.58. The van der Waals surface area contributed by atoms with Crippen LogP contribution in [-0.2, 0) is 0 Å². The Balaban J connectivity index is 2.06. The topological polar surface area (TPSA) is 21.3 Å². The van der Waals surface area contributed by atoms with Crippen LogP contribution in [0.25, 0.3) is 0 Å². The maximum absolute atomic E-state index is 5.76. The molecule has 1 aliphatic rings. The van der Waals surface area contributed by atoms with Crippen LogP contribution in [0.3, 0.4) is 0 Å². The van der Waals surface area contributed by atoms with Crippen molar-refractivity contribution in [2.45, 2.75) is 38.6 Å². The third-order valence-electron chi connectivity index (χ3n) is 3.65. The zero-order valence-corrected chi connectivity index (χ0v) is 11.1. The van der Waals surface area contributed by atoms with Gasteiger partial charge in [-0.05, 0) is 31.9 Å². The van der Waals surface area contributed by atoms with E-state index in [1.807, 2.05) is 6.07 Å². The largest absolute Gasteiger partial charge is 0.493 e. The van der Waals surface area contributed by atoms with E-state index in [0.29, 0.717) is 12.0 Å². The van der Waals surface area contributed by atoms with Crippen LogP contribution in [0.4, 0.5) is 0 Å². The van der Waals surface area contributed by atoms with E-state index in [1.165, 1.54) is 18.4 Å². The van der Waals surface area contributed by atoms with Crippen LogP contribution in [0.2, 0.25) is 0 Å². The monoisotopic (exact) mass is 233 g/mol. The van der Waals surface area contributed by atoms with Gasteiger partial charge >= 0.3 is 0 Å². The standard InChI is InChI=1S/C15H23NO/c1-11(2)8-9-14(16-3)13-10-17-15-7-5-4-6-12(13)15/h4-7,11,13-14,16H,8-10H2,1-3H3. The summed E-state index contributed by atoms with van der Waals surface area (Å²) in [7, 11) is 2.06. The number of para-hydroxylation sites is 1. The third kappa shape index (κ3) is 2.81. The Morgan fingerprint density at radius 1 is 1.29 bits per heavy atom. The molecule has 1 aliphatic heterocycles. The molecular formula is C15H23NO. The summed E-state index contributed by atoms with van der Waals surface area (Å²) in [6.07, 6.45) is 2.49. The summed E-state index contributed by atoms with van der Waals surface area (Å²) in [6.45, 7) is 5.39. The number of fused-ring (bicyclic) bond motifs is 1. The molecule has 1 aromatic carbocycles. The molecule has 1 aromatic rings. The van der Waals surface area contributed by atoms with Crippen molar-refractivity contribution in [1.29, 1.82) is 0 Å². The summed E-state index contributed by atoms with van der Waals surface area (Å²) < 4.78 is 5.76. The molecule has 17 heavy (non-hydrogen) atoms. The molecule has 0 saturated carbocycles. The molecule has 2 heteroatoms. The van der Waals surface area contributed by atoms with Crippen LogP contribution >= 0.6 is 0 Å². The molecule has 0 aromatic heterocycles. The van der Waals surface area contributed by atoms with Crippen LogP contribution < -0.4 is 10.1 Å². The normalized spacial score (nSPS) is 20.1. The van der Waals surface area contributed by atoms with Crippen molar-refractivity contribution in [1.82, 2.24) is 5.32 Å². The van der Waals surface area contributed by atoms with Crippen LogP contribution in [0, 0.1) is 5.92 Å². The smallest absolute Gasteiger partial charge is 0.122 e. The van der Waals surface area contributed by atoms with E-state index < -0.39 is 0 Å². The highest BCUT2D eigenvalue weighted by molar-refractivity contribution is 5.40. The van der Waals surface area contributed by atoms with E-state index in [1.54, 1.807) is 0 Å². The average Bonchev–Trinajstić information content (AvgIpc) is 2.74. The number of rotatable bonds is 5. The maximum Gasteiger partial charge on any atom is 0.122 e. The predicted octanol–water partition coefficient (Wildman–Crippen LogP) is 3.19. The molecule has 2 atom stereocenters. The minimum absolute atomic E-state index is 0.509. The van der Waals surface area contributed by atoms with Crippen molar-refractivity contribution in [3.05, 3.63) is 29.8 Å². The van der Waals surface area contributed by atoms with Crippen LogP contribution in [0.1, 0.15) is 38.2 Å². The predicted molar refractivity (Wildman–Crippen MR) is 71.6 cm³/mol. The molecule has 94 valence electrons. The second-order valence-electron chi connectivity index (χ2n) is 5.32. The van der Waals surface area contributed by atoms with E-state index in [9.17, 15) is 0 Å². The number of likely N-dealkylation sites (N-methyl/N-ethyl adjacent to an activating group) is 1. The first-order chi connectivity index (χ1) is 8.22. The van der Waals surface area contributed by atoms with E-state index in [-0.39, 0.29) is 0 Å². The Bertz CT molecular complexity index is 362. The summed E-state index contributed by atoms with van der Waals surface area (Å²) in [5.74, 6) is 2.35. The van der Waals surface area contributed by atoms with Crippen molar-refractivity contribution < 1.29 is 4.74 Å². The van der Waals surface area contributed by atoms with E-state index in [2.05, 4.69) is 44.4 Å². The van der Waals surface area contributed by atoms with Gasteiger partial charge < -0.3 is 10.1 Å². The Morgan fingerprint density at radius 2 is 2.06 bits per heavy atom. The molecule has 0 bridgehead atoms. The first-order valence-electron chi connectivity index (χ1n) is 6.61. The van der Waals surface area contributed by atoms with Gasteiger partial charge in [0.05, 0.1) is 6.61 Å². The molecule has 1 heterocycles. The van der Waals surface area contributed by atoms with Crippen LogP contribution in [-0.4, -0.2) is 19.7 Å². The Labute approximate surface area is 104 Å². The molecule has 2 unspecified atom stereocenters. The van der Waals surface area contributed by atoms with Gasteiger partial charge in [0.1, 0.15) is 5.75 Å². The zero-order chi connectivity index (χ0) is 12.3. The van der Waals surface area contributed by atoms with Gasteiger partial charge in [0.25, 0.3) is 0 Å². The fourth-order valence-electron chi connectivity index (χ4n) is 2.58. The van der Waals surface area contributed by atoms with Crippen molar-refractivity contribution in [2.75, 3.05) is 13.7 Å². The van der Waals surface area contributed by atoms with Crippen molar-refractivity contribution in [3.63, 3.8) is 0 Å². The van der Waals surface area contributed by atoms with Crippen molar-refractivity contribution in [2.24, 2.45) is 5.92 Å². The van der Waals surface area contributed by atoms with Crippen LogP contribution in [0.5, 0.6) is 5.75 Å². The molecule has 0 radical (unpaired) electrons. The highest BCUT2D eigenvalue weighted by Crippen LogP contribution is 2.36. The first-order valence-corrected chi connectivity index (χ1v) is 6.61. The van der Waals surface area contributed by atoms with Gasteiger partial charge in [0.2, 0.25) is 0 Å². The zero-order valence-electron chi connectivity index (χ0n) is 11.1. The molecule has 0 aliphatic carbocycles. The van der Waals surface area contributed by atoms with Gasteiger partial charge in [-0.25, -0.2) is 0 Å². The number of ether oxygens (including phenoxy) is 1. The van der Waals surface area contributed by atoms with Gasteiger partial charge in [-0.15, -0.1) is 0 Å². The lowest BCUT2D eigenvalue weighted by molar-refractivity contribution is 0.291. The summed E-state index contributed by atoms with van der Waals surface area (Å²) in [5.41, 5.74) is 1.37. The highest BCUT2D eigenvalue weighted by Gasteiger charge is 2.29. The minimum atomic E-state index is 0.509. The second kappa shape index (κ2) is 5.54. The molecule has 2 nitrogen and oxygen atoms in total. The lowest BCUT2D eigenvalue weighted by atomic mass is 9.89. The molecule has 0 spiro atoms. The second-order valence-corrected chi connectivity index (χ2v) is 5.32. The Morgan fingerprint density at radius 3 is 2.76 bits per heavy atom. The number of hydrogen-bond donors (Lipinski definition) is 1. The molecule has 1 N–H and O–H groups in total. The molecule has 2 rings (SSSR count). The quantitative estimate of drug-likeness (QED) is 0.843. The number of nitrogens with one attached hydrogen (secondary N) is 1. The molecule has 0 fully saturated rings. The number of hydrogen-bond acceptors (Lipinski definition) is 2. The SMILES string of the molecule is CNC(CCC(C)C)C1COc2ccccc21. The lowest BCUT2D eigenvalue weighted by Crippen LogP contribution is -2.33. The minimum Gasteiger partial charge on any atom is -0.493 e. The highest BCUT2D eigenvalue weighted by atomic mass is 16.5. The first kappa shape index (κ1) is 12.4. The van der Waals surface area contributed by atoms with E-state index >= 15 is 0 Å². The Hall–Kier alpha value is -1.02. The van der Waals surface area contributed by atoms with E-state index in [4.69, 9.17) is 4.74 Å². The van der Waals surface area contributed by atoms with E-state index in [0.717, 1.165) is 18.3 Å². The fraction of sp³-hybridized carbons (Fsp3) is 0.600. The van der Waals surface area contributed by atoms with Crippen molar-refractivity contribution >= 4 is 0 Å². The van der Waals surface area contributed by atoms with Gasteiger partial charge in [-0.1, -0.05) is 32.0 Å². The lowest BCUT2D eigenvalue weighted by Gasteiger charge is -2.23. The summed E-state index contributed by atoms with van der Waals surface area (Å²) >= 11 is 0. The van der Waals surface area contributed by atoms with Gasteiger partial charge in [0.15, 0.2) is 0 Å². The van der Waals surface area contributed by atoms with Gasteiger partial charge in [0, 0.05) is 17.5 Å². The van der Waals surface area contributed by atoms with Gasteiger partial charge in [-0.3, -0.25) is 0 Å². The van der Waals surface area contributed by atoms with Crippen LogP contribution in [0.15, 0.2) is 24.3 Å². The van der Waals surface area contributed by atoms with Gasteiger partial charge in [-0.2, -0.15) is 0 Å². The number of benzene rings is 1. The molecular weight excluding hydrogens is 210 g/mol. The summed E-state index contributed by atoms with van der Waals surface area (Å²) in [6, 6.07) is 8.96. The summed E-state index contributed by atoms with van der Waals surface area (Å²) in [5, 5.41) is 3.46. The summed E-state index contributed by atoms with van der Waals surface area (Å²) in [4.78, 5) is 0. The maximum atomic E-state index is 5.76. The Kier molecular flexibility index (Phi) is 4.06. The van der Waals surface area contributed by atoms with Crippen molar-refractivity contribution in [3.8, 4) is 5.75 Å². The average molecular weight is 233 g/mol. The third-order valence-corrected chi connectivity index (χ3v) is 3.65.